The Morgan fingerprint density at radius 3 is 2.83 bits per heavy atom. The van der Waals surface area contributed by atoms with Crippen LogP contribution in [0.3, 0.4) is 0 Å². The number of oxime groups is 1. The number of hydrogen-bond acceptors (Lipinski definition) is 6. The van der Waals surface area contributed by atoms with E-state index >= 15 is 0 Å². The van der Waals surface area contributed by atoms with Crippen LogP contribution >= 0.6 is 0 Å². The van der Waals surface area contributed by atoms with Crippen molar-refractivity contribution in [3.63, 3.8) is 0 Å². The molecule has 7 heteroatoms. The van der Waals surface area contributed by atoms with Crippen LogP contribution in [0.1, 0.15) is 28.2 Å². The molecule has 1 unspecified atom stereocenters. The Kier molecular flexibility index (Phi) is 4.79. The number of oxazole rings is 1. The predicted molar refractivity (Wildman–Crippen MR) is 87.2 cm³/mol. The van der Waals surface area contributed by atoms with Gasteiger partial charge in [0.15, 0.2) is 6.39 Å². The van der Waals surface area contributed by atoms with Crippen LogP contribution in [0.15, 0.2) is 40.2 Å². The van der Waals surface area contributed by atoms with E-state index < -0.39 is 0 Å². The summed E-state index contributed by atoms with van der Waals surface area (Å²) in [6.45, 7) is 2.09. The number of aromatic nitrogens is 1. The summed E-state index contributed by atoms with van der Waals surface area (Å²) < 4.78 is 10.2. The summed E-state index contributed by atoms with van der Waals surface area (Å²) in [5.41, 5.74) is 2.66. The van der Waals surface area contributed by atoms with E-state index in [2.05, 4.69) is 15.5 Å². The molecule has 0 saturated heterocycles. The van der Waals surface area contributed by atoms with Crippen LogP contribution in [0.4, 0.5) is 0 Å². The first-order valence-electron chi connectivity index (χ1n) is 7.68. The molecule has 1 N–H and O–H groups in total. The zero-order valence-corrected chi connectivity index (χ0v) is 13.6. The van der Waals surface area contributed by atoms with Crippen LogP contribution in [0.25, 0.3) is 0 Å². The molecule has 1 aromatic carbocycles. The predicted octanol–water partition coefficient (Wildman–Crippen LogP) is 2.11. The molecule has 0 spiro atoms. The molecule has 2 heterocycles. The first-order valence-corrected chi connectivity index (χ1v) is 7.68. The summed E-state index contributed by atoms with van der Waals surface area (Å²) in [5.74, 6) is 0.760. The number of carbonyl (C=O) groups is 1. The summed E-state index contributed by atoms with van der Waals surface area (Å²) in [5, 5.41) is 6.89. The van der Waals surface area contributed by atoms with Gasteiger partial charge in [-0.25, -0.2) is 4.98 Å². The van der Waals surface area contributed by atoms with Crippen LogP contribution in [0, 0.1) is 6.92 Å². The van der Waals surface area contributed by atoms with E-state index in [1.54, 1.807) is 14.0 Å². The standard InChI is InChI=1S/C17H19N3O4/c1-11-16(23-10-19-11)17(21)18-9-15-8-13(20-24-15)7-12-3-5-14(22-2)6-4-12/h3-6,10,15H,7-9H2,1-2H3,(H,18,21). The fraction of sp³-hybridized carbons (Fsp3) is 0.353. The Morgan fingerprint density at radius 2 is 2.17 bits per heavy atom. The minimum Gasteiger partial charge on any atom is -0.497 e. The lowest BCUT2D eigenvalue weighted by Crippen LogP contribution is -2.32. The molecule has 0 fully saturated rings. The number of ether oxygens (including phenoxy) is 1. The molecule has 126 valence electrons. The van der Waals surface area contributed by atoms with Gasteiger partial charge in [0, 0.05) is 12.8 Å². The molecule has 0 aliphatic carbocycles. The maximum absolute atomic E-state index is 12.0. The summed E-state index contributed by atoms with van der Waals surface area (Å²) in [4.78, 5) is 21.2. The molecule has 0 bridgehead atoms. The minimum atomic E-state index is -0.294. The lowest BCUT2D eigenvalue weighted by atomic mass is 10.0. The minimum absolute atomic E-state index is 0.162. The van der Waals surface area contributed by atoms with Gasteiger partial charge in [-0.15, -0.1) is 0 Å². The first-order chi connectivity index (χ1) is 11.7. The largest absolute Gasteiger partial charge is 0.497 e. The monoisotopic (exact) mass is 329 g/mol. The number of nitrogens with one attached hydrogen (secondary N) is 1. The number of methoxy groups -OCH3 is 1. The Hall–Kier alpha value is -2.83. The maximum atomic E-state index is 12.0. The molecule has 0 radical (unpaired) electrons. The van der Waals surface area contributed by atoms with Crippen LogP contribution < -0.4 is 10.1 Å². The molecule has 2 aromatic rings. The van der Waals surface area contributed by atoms with Gasteiger partial charge in [0.25, 0.3) is 5.91 Å². The van der Waals surface area contributed by atoms with Gasteiger partial charge in [0.1, 0.15) is 11.9 Å². The Labute approximate surface area is 139 Å². The quantitative estimate of drug-likeness (QED) is 0.877. The van der Waals surface area contributed by atoms with Gasteiger partial charge in [-0.1, -0.05) is 17.3 Å². The second-order valence-electron chi connectivity index (χ2n) is 5.59. The lowest BCUT2D eigenvalue weighted by molar-refractivity contribution is 0.0739. The van der Waals surface area contributed by atoms with Crippen LogP contribution in [0.5, 0.6) is 5.75 Å². The Bertz CT molecular complexity index is 737. The second kappa shape index (κ2) is 7.16. The van der Waals surface area contributed by atoms with E-state index in [0.717, 1.165) is 23.4 Å². The highest BCUT2D eigenvalue weighted by atomic mass is 16.6. The molecule has 1 aliphatic heterocycles. The van der Waals surface area contributed by atoms with Crippen molar-refractivity contribution in [3.05, 3.63) is 47.7 Å². The molecule has 3 rings (SSSR count). The average molecular weight is 329 g/mol. The number of aryl methyl sites for hydroxylation is 1. The molecule has 7 nitrogen and oxygen atoms in total. The normalized spacial score (nSPS) is 16.4. The molecule has 1 aromatic heterocycles. The molecular formula is C17H19N3O4. The molecule has 1 amide bonds. The van der Waals surface area contributed by atoms with Crippen molar-refractivity contribution in [2.24, 2.45) is 5.16 Å². The van der Waals surface area contributed by atoms with E-state index in [1.165, 1.54) is 6.39 Å². The zero-order chi connectivity index (χ0) is 16.9. The highest BCUT2D eigenvalue weighted by molar-refractivity contribution is 5.92. The fourth-order valence-electron chi connectivity index (χ4n) is 2.49. The Balaban J connectivity index is 1.46. The number of nitrogens with zero attached hydrogens (tertiary/aromatic N) is 2. The van der Waals surface area contributed by atoms with Crippen molar-refractivity contribution >= 4 is 11.6 Å². The van der Waals surface area contributed by atoms with Crippen LogP contribution in [-0.2, 0) is 11.3 Å². The molecule has 0 saturated carbocycles. The lowest BCUT2D eigenvalue weighted by Gasteiger charge is -2.09. The van der Waals surface area contributed by atoms with Crippen molar-refractivity contribution in [2.75, 3.05) is 13.7 Å². The highest BCUT2D eigenvalue weighted by Gasteiger charge is 2.23. The Morgan fingerprint density at radius 1 is 1.38 bits per heavy atom. The summed E-state index contributed by atoms with van der Waals surface area (Å²) in [6, 6.07) is 7.85. The SMILES string of the molecule is COc1ccc(CC2=NOC(CNC(=O)c3ocnc3C)C2)cc1. The van der Waals surface area contributed by atoms with Gasteiger partial charge in [-0.05, 0) is 24.6 Å². The van der Waals surface area contributed by atoms with Gasteiger partial charge in [-0.2, -0.15) is 0 Å². The number of amides is 1. The third-order valence-corrected chi connectivity index (χ3v) is 3.80. The first kappa shape index (κ1) is 16.0. The van der Waals surface area contributed by atoms with Gasteiger partial charge in [-0.3, -0.25) is 4.79 Å². The van der Waals surface area contributed by atoms with Gasteiger partial charge < -0.3 is 19.3 Å². The molecule has 1 aliphatic rings. The van der Waals surface area contributed by atoms with Gasteiger partial charge in [0.05, 0.1) is 25.1 Å². The average Bonchev–Trinajstić information content (AvgIpc) is 3.22. The van der Waals surface area contributed by atoms with E-state index in [-0.39, 0.29) is 17.8 Å². The third kappa shape index (κ3) is 3.73. The van der Waals surface area contributed by atoms with E-state index in [0.29, 0.717) is 18.7 Å². The van der Waals surface area contributed by atoms with Crippen molar-refractivity contribution in [2.45, 2.75) is 25.9 Å². The summed E-state index contributed by atoms with van der Waals surface area (Å²) >= 11 is 0. The van der Waals surface area contributed by atoms with Crippen molar-refractivity contribution < 1.29 is 18.8 Å². The van der Waals surface area contributed by atoms with E-state index in [1.807, 2.05) is 24.3 Å². The number of rotatable bonds is 6. The number of hydrogen-bond donors (Lipinski definition) is 1. The molecular weight excluding hydrogens is 310 g/mol. The topological polar surface area (TPSA) is 86.0 Å². The van der Waals surface area contributed by atoms with Crippen LogP contribution in [0.2, 0.25) is 0 Å². The van der Waals surface area contributed by atoms with Crippen molar-refractivity contribution in [3.8, 4) is 5.75 Å². The van der Waals surface area contributed by atoms with Gasteiger partial charge in [0.2, 0.25) is 5.76 Å². The third-order valence-electron chi connectivity index (χ3n) is 3.80. The molecule has 24 heavy (non-hydrogen) atoms. The fourth-order valence-corrected chi connectivity index (χ4v) is 2.49. The highest BCUT2D eigenvalue weighted by Crippen LogP contribution is 2.17. The number of carbonyl (C=O) groups excluding carboxylic acids is 1. The molecule has 1 atom stereocenters. The van der Waals surface area contributed by atoms with Crippen molar-refractivity contribution in [1.29, 1.82) is 0 Å². The maximum Gasteiger partial charge on any atom is 0.289 e. The van der Waals surface area contributed by atoms with E-state index in [9.17, 15) is 4.79 Å². The smallest absolute Gasteiger partial charge is 0.289 e. The van der Waals surface area contributed by atoms with Crippen molar-refractivity contribution in [1.82, 2.24) is 10.3 Å². The van der Waals surface area contributed by atoms with E-state index in [4.69, 9.17) is 14.0 Å². The summed E-state index contributed by atoms with van der Waals surface area (Å²) in [6.07, 6.45) is 2.49. The summed E-state index contributed by atoms with van der Waals surface area (Å²) in [7, 11) is 1.64. The second-order valence-corrected chi connectivity index (χ2v) is 5.59. The zero-order valence-electron chi connectivity index (χ0n) is 13.6. The number of benzene rings is 1. The van der Waals surface area contributed by atoms with Gasteiger partial charge >= 0.3 is 0 Å². The van der Waals surface area contributed by atoms with Crippen LogP contribution in [-0.4, -0.2) is 36.4 Å².